The van der Waals surface area contributed by atoms with Gasteiger partial charge >= 0.3 is 0 Å². The van der Waals surface area contributed by atoms with Crippen molar-refractivity contribution in [2.75, 3.05) is 19.8 Å². The van der Waals surface area contributed by atoms with Crippen LogP contribution in [0.4, 0.5) is 0 Å². The zero-order valence-electron chi connectivity index (χ0n) is 21.7. The van der Waals surface area contributed by atoms with E-state index in [2.05, 4.69) is 10.6 Å². The van der Waals surface area contributed by atoms with E-state index in [9.17, 15) is 55.5 Å². The van der Waals surface area contributed by atoms with Crippen LogP contribution in [0.15, 0.2) is 0 Å². The SMILES string of the molecule is CC(=O)N[C@H]1[C@H](OC[C@H]2O[C@@H](OC[C@H]3O[C@H](O)[C@H](O)[C@@H](O)[C@H]3O)[C@H](NC(C)=O)[C@@H](O)[C@@H]2O)O[C@H](CO)[C@@H](O)[C@@H]1O. The molecule has 0 saturated carbocycles. The predicted octanol–water partition coefficient (Wildman–Crippen LogP) is -7.29. The largest absolute Gasteiger partial charge is 0.394 e. The van der Waals surface area contributed by atoms with E-state index in [1.54, 1.807) is 0 Å². The number of rotatable bonds is 9. The molecule has 11 N–H and O–H groups in total. The van der Waals surface area contributed by atoms with Gasteiger partial charge in [0.25, 0.3) is 0 Å². The van der Waals surface area contributed by atoms with Gasteiger partial charge in [-0.3, -0.25) is 9.59 Å². The van der Waals surface area contributed by atoms with Crippen molar-refractivity contribution in [2.24, 2.45) is 0 Å². The Kier molecular flexibility index (Phi) is 11.5. The molecule has 232 valence electrons. The number of hydrogen-bond acceptors (Lipinski definition) is 16. The Labute approximate surface area is 228 Å². The minimum absolute atomic E-state index is 0.557. The molecule has 0 radical (unpaired) electrons. The Balaban J connectivity index is 1.72. The lowest BCUT2D eigenvalue weighted by atomic mass is 9.96. The van der Waals surface area contributed by atoms with E-state index in [4.69, 9.17) is 23.7 Å². The molecule has 3 aliphatic heterocycles. The lowest BCUT2D eigenvalue weighted by Gasteiger charge is -2.45. The highest BCUT2D eigenvalue weighted by atomic mass is 16.7. The number of aliphatic hydroxyl groups is 9. The summed E-state index contributed by atoms with van der Waals surface area (Å²) < 4.78 is 27.4. The second-order valence-corrected chi connectivity index (χ2v) is 9.89. The highest BCUT2D eigenvalue weighted by molar-refractivity contribution is 5.73. The summed E-state index contributed by atoms with van der Waals surface area (Å²) in [5.74, 6) is -1.22. The van der Waals surface area contributed by atoms with Gasteiger partial charge in [-0.05, 0) is 0 Å². The molecule has 3 fully saturated rings. The predicted molar refractivity (Wildman–Crippen MR) is 124 cm³/mol. The Hall–Kier alpha value is -1.62. The molecule has 3 aliphatic rings. The van der Waals surface area contributed by atoms with Gasteiger partial charge in [-0.2, -0.15) is 0 Å². The van der Waals surface area contributed by atoms with Gasteiger partial charge in [-0.1, -0.05) is 0 Å². The lowest BCUT2D eigenvalue weighted by Crippen LogP contribution is -2.67. The third-order valence-electron chi connectivity index (χ3n) is 6.86. The summed E-state index contributed by atoms with van der Waals surface area (Å²) in [7, 11) is 0. The quantitative estimate of drug-likeness (QED) is 0.120. The van der Waals surface area contributed by atoms with E-state index < -0.39 is 124 Å². The Bertz CT molecular complexity index is 854. The molecule has 0 aromatic carbocycles. The summed E-state index contributed by atoms with van der Waals surface area (Å²) in [6.07, 6.45) is -20.6. The van der Waals surface area contributed by atoms with Crippen molar-refractivity contribution in [1.82, 2.24) is 10.6 Å². The Morgan fingerprint density at radius 2 is 1.00 bits per heavy atom. The molecule has 0 unspecified atom stereocenters. The van der Waals surface area contributed by atoms with E-state index in [0.717, 1.165) is 13.8 Å². The minimum Gasteiger partial charge on any atom is -0.394 e. The maximum absolute atomic E-state index is 11.7. The van der Waals surface area contributed by atoms with Crippen LogP contribution in [0.5, 0.6) is 0 Å². The molecule has 2 amide bonds. The third-order valence-corrected chi connectivity index (χ3v) is 6.86. The molecule has 3 saturated heterocycles. The molecular weight excluding hydrogens is 548 g/mol. The maximum Gasteiger partial charge on any atom is 0.217 e. The molecule has 3 heterocycles. The molecule has 3 rings (SSSR count). The molecule has 0 aromatic rings. The minimum atomic E-state index is -1.84. The molecule has 15 atom stereocenters. The average Bonchev–Trinajstić information content (AvgIpc) is 2.90. The molecular formula is C22H38N2O16. The summed E-state index contributed by atoms with van der Waals surface area (Å²) in [5.41, 5.74) is 0. The molecule has 0 aliphatic carbocycles. The van der Waals surface area contributed by atoms with Crippen molar-refractivity contribution in [2.45, 2.75) is 106 Å². The average molecular weight is 587 g/mol. The zero-order chi connectivity index (χ0) is 29.9. The fraction of sp³-hybridized carbons (Fsp3) is 0.909. The van der Waals surface area contributed by atoms with E-state index >= 15 is 0 Å². The van der Waals surface area contributed by atoms with Gasteiger partial charge < -0.3 is 80.3 Å². The zero-order valence-corrected chi connectivity index (χ0v) is 21.7. The van der Waals surface area contributed by atoms with Gasteiger partial charge in [-0.15, -0.1) is 0 Å². The van der Waals surface area contributed by atoms with Gasteiger partial charge in [0.15, 0.2) is 18.9 Å². The maximum atomic E-state index is 11.7. The number of carbonyl (C=O) groups is 2. The Morgan fingerprint density at radius 1 is 0.600 bits per heavy atom. The van der Waals surface area contributed by atoms with Crippen molar-refractivity contribution in [1.29, 1.82) is 0 Å². The highest BCUT2D eigenvalue weighted by Gasteiger charge is 2.50. The fourth-order valence-electron chi connectivity index (χ4n) is 4.66. The molecule has 0 bridgehead atoms. The second kappa shape index (κ2) is 14.0. The van der Waals surface area contributed by atoms with Crippen LogP contribution in [0.3, 0.4) is 0 Å². The number of hydrogen-bond donors (Lipinski definition) is 11. The van der Waals surface area contributed by atoms with Crippen molar-refractivity contribution < 1.29 is 79.2 Å². The van der Waals surface area contributed by atoms with Crippen molar-refractivity contribution >= 4 is 11.8 Å². The van der Waals surface area contributed by atoms with Crippen molar-refractivity contribution in [3.05, 3.63) is 0 Å². The number of carbonyl (C=O) groups excluding carboxylic acids is 2. The Morgan fingerprint density at radius 3 is 1.45 bits per heavy atom. The van der Waals surface area contributed by atoms with E-state index in [1.165, 1.54) is 0 Å². The van der Waals surface area contributed by atoms with Crippen molar-refractivity contribution in [3.8, 4) is 0 Å². The van der Waals surface area contributed by atoms with E-state index in [-0.39, 0.29) is 0 Å². The number of ether oxygens (including phenoxy) is 5. The van der Waals surface area contributed by atoms with Gasteiger partial charge in [0.1, 0.15) is 73.1 Å². The summed E-state index contributed by atoms with van der Waals surface area (Å²) in [6.45, 7) is 0.453. The van der Waals surface area contributed by atoms with Gasteiger partial charge in [0.2, 0.25) is 11.8 Å². The summed E-state index contributed by atoms with van der Waals surface area (Å²) >= 11 is 0. The molecule has 18 heteroatoms. The first kappa shape index (κ1) is 32.9. The first-order valence-corrected chi connectivity index (χ1v) is 12.6. The molecule has 0 spiro atoms. The second-order valence-electron chi connectivity index (χ2n) is 9.89. The van der Waals surface area contributed by atoms with Crippen LogP contribution >= 0.6 is 0 Å². The first-order chi connectivity index (χ1) is 18.8. The highest BCUT2D eigenvalue weighted by Crippen LogP contribution is 2.27. The normalized spacial score (nSPS) is 46.0. The number of nitrogens with one attached hydrogen (secondary N) is 2. The smallest absolute Gasteiger partial charge is 0.217 e. The molecule has 40 heavy (non-hydrogen) atoms. The standard InChI is InChI=1S/C22H38N2O16/c1-6(26)23-11-16(31)13(28)8(3-25)39-21(11)37-5-10-14(29)17(32)12(24-7(2)27)22(40-10)36-4-9-15(30)18(33)19(34)20(35)38-9/h8-22,25,28-35H,3-5H2,1-2H3,(H,23,26)(H,24,27)/t8-,9-,10-,11-,12-,13-,14-,15+,16-,17-,18+,19-,20+,21-,22-/m1/s1. The van der Waals surface area contributed by atoms with Crippen LogP contribution in [-0.4, -0.2) is 170 Å². The third kappa shape index (κ3) is 7.41. The van der Waals surface area contributed by atoms with Crippen LogP contribution < -0.4 is 10.6 Å². The van der Waals surface area contributed by atoms with Crippen molar-refractivity contribution in [3.63, 3.8) is 0 Å². The van der Waals surface area contributed by atoms with Gasteiger partial charge in [-0.25, -0.2) is 0 Å². The fourth-order valence-corrected chi connectivity index (χ4v) is 4.66. The monoisotopic (exact) mass is 586 g/mol. The molecule has 0 aromatic heterocycles. The number of aliphatic hydroxyl groups excluding tert-OH is 9. The van der Waals surface area contributed by atoms with Crippen LogP contribution in [-0.2, 0) is 33.3 Å². The molecule has 18 nitrogen and oxygen atoms in total. The van der Waals surface area contributed by atoms with E-state index in [1.807, 2.05) is 0 Å². The summed E-state index contributed by atoms with van der Waals surface area (Å²) in [4.78, 5) is 23.4. The van der Waals surface area contributed by atoms with E-state index in [0.29, 0.717) is 0 Å². The lowest BCUT2D eigenvalue weighted by molar-refractivity contribution is -0.320. The van der Waals surface area contributed by atoms with Gasteiger partial charge in [0.05, 0.1) is 19.8 Å². The van der Waals surface area contributed by atoms with Crippen LogP contribution in [0.25, 0.3) is 0 Å². The van der Waals surface area contributed by atoms with Crippen LogP contribution in [0.1, 0.15) is 13.8 Å². The van der Waals surface area contributed by atoms with Crippen LogP contribution in [0, 0.1) is 0 Å². The topological polar surface area (TPSA) is 286 Å². The first-order valence-electron chi connectivity index (χ1n) is 12.6. The number of amides is 2. The van der Waals surface area contributed by atoms with Gasteiger partial charge in [0, 0.05) is 13.8 Å². The van der Waals surface area contributed by atoms with Crippen LogP contribution in [0.2, 0.25) is 0 Å². The summed E-state index contributed by atoms with van der Waals surface area (Å²) in [5, 5.41) is 95.6. The summed E-state index contributed by atoms with van der Waals surface area (Å²) in [6, 6.07) is -2.64.